The van der Waals surface area contributed by atoms with Gasteiger partial charge < -0.3 is 25.0 Å². The molecule has 0 saturated carbocycles. The Morgan fingerprint density at radius 1 is 1.27 bits per heavy atom. The molecule has 0 unspecified atom stereocenters. The Morgan fingerprint density at radius 3 is 2.81 bits per heavy atom. The zero-order valence-electron chi connectivity index (χ0n) is 14.8. The van der Waals surface area contributed by atoms with Crippen LogP contribution in [0.1, 0.15) is 32.5 Å². The quantitative estimate of drug-likeness (QED) is 0.770. The van der Waals surface area contributed by atoms with Gasteiger partial charge in [0.05, 0.1) is 24.3 Å². The van der Waals surface area contributed by atoms with E-state index in [1.54, 1.807) is 25.6 Å². The fraction of sp³-hybridized carbons (Fsp3) is 0.389. The summed E-state index contributed by atoms with van der Waals surface area (Å²) in [5.74, 6) is 1.23. The van der Waals surface area contributed by atoms with E-state index in [1.807, 2.05) is 12.1 Å². The highest BCUT2D eigenvalue weighted by Gasteiger charge is 2.33. The van der Waals surface area contributed by atoms with Crippen LogP contribution < -0.4 is 20.1 Å². The number of methoxy groups -OCH3 is 2. The number of likely N-dealkylation sites (N-methyl/N-ethyl adjacent to an activating group) is 1. The Labute approximate surface area is 164 Å². The van der Waals surface area contributed by atoms with Gasteiger partial charge in [0.2, 0.25) is 0 Å². The lowest BCUT2D eigenvalue weighted by atomic mass is 10.0. The summed E-state index contributed by atoms with van der Waals surface area (Å²) < 4.78 is 11.6. The molecule has 1 aromatic heterocycles. The molecule has 1 aromatic carbocycles. The molecular weight excluding hydrogens is 418 g/mol. The van der Waals surface area contributed by atoms with E-state index in [2.05, 4.69) is 38.5 Å². The van der Waals surface area contributed by atoms with Crippen molar-refractivity contribution in [3.05, 3.63) is 38.2 Å². The molecule has 0 fully saturated rings. The summed E-state index contributed by atoms with van der Waals surface area (Å²) in [7, 11) is 5.31. The molecule has 6 nitrogen and oxygen atoms in total. The van der Waals surface area contributed by atoms with Crippen molar-refractivity contribution in [2.24, 2.45) is 0 Å². The van der Waals surface area contributed by atoms with E-state index >= 15 is 0 Å². The number of rotatable bonds is 3. The van der Waals surface area contributed by atoms with E-state index in [0.717, 1.165) is 40.1 Å². The molecule has 2 aromatic rings. The summed E-state index contributed by atoms with van der Waals surface area (Å²) >= 11 is 5.20. The van der Waals surface area contributed by atoms with E-state index in [9.17, 15) is 4.79 Å². The van der Waals surface area contributed by atoms with Gasteiger partial charge in [-0.25, -0.2) is 0 Å². The number of hydrogen-bond donors (Lipinski definition) is 2. The lowest BCUT2D eigenvalue weighted by Crippen LogP contribution is -2.38. The minimum atomic E-state index is -0.316. The van der Waals surface area contributed by atoms with Gasteiger partial charge >= 0.3 is 0 Å². The lowest BCUT2D eigenvalue weighted by molar-refractivity contribution is 0.0934. The fourth-order valence-electron chi connectivity index (χ4n) is 3.51. The Kier molecular flexibility index (Phi) is 4.58. The number of hydrogen-bond acceptors (Lipinski definition) is 6. The number of halogens is 1. The van der Waals surface area contributed by atoms with E-state index in [0.29, 0.717) is 11.5 Å². The molecule has 0 aliphatic carbocycles. The van der Waals surface area contributed by atoms with Crippen LogP contribution in [0.2, 0.25) is 0 Å². The molecule has 2 N–H and O–H groups in total. The highest BCUT2D eigenvalue weighted by molar-refractivity contribution is 9.10. The van der Waals surface area contributed by atoms with Crippen LogP contribution in [-0.2, 0) is 13.0 Å². The molecule has 0 saturated heterocycles. The largest absolute Gasteiger partial charge is 0.493 e. The lowest BCUT2D eigenvalue weighted by Gasteiger charge is -2.28. The zero-order chi connectivity index (χ0) is 18.4. The number of ether oxygens (including phenoxy) is 2. The van der Waals surface area contributed by atoms with Gasteiger partial charge in [-0.1, -0.05) is 0 Å². The van der Waals surface area contributed by atoms with Crippen molar-refractivity contribution in [2.75, 3.05) is 33.1 Å². The summed E-state index contributed by atoms with van der Waals surface area (Å²) in [6, 6.07) is 3.82. The van der Waals surface area contributed by atoms with Crippen LogP contribution in [0, 0.1) is 0 Å². The number of anilines is 1. The van der Waals surface area contributed by atoms with Gasteiger partial charge in [-0.05, 0) is 52.7 Å². The molecule has 1 amide bonds. The summed E-state index contributed by atoms with van der Waals surface area (Å²) in [6.45, 7) is 1.88. The van der Waals surface area contributed by atoms with Crippen molar-refractivity contribution in [2.45, 2.75) is 19.1 Å². The number of nitrogens with one attached hydrogen (secondary N) is 2. The van der Waals surface area contributed by atoms with Crippen molar-refractivity contribution in [3.63, 3.8) is 0 Å². The van der Waals surface area contributed by atoms with Gasteiger partial charge in [-0.3, -0.25) is 4.79 Å². The summed E-state index contributed by atoms with van der Waals surface area (Å²) in [6.07, 6.45) is 0.600. The minimum absolute atomic E-state index is 0.0169. The first-order valence-corrected chi connectivity index (χ1v) is 9.94. The Balaban J connectivity index is 1.70. The van der Waals surface area contributed by atoms with Crippen molar-refractivity contribution < 1.29 is 14.3 Å². The number of carbonyl (C=O) groups is 1. The molecule has 0 bridgehead atoms. The van der Waals surface area contributed by atoms with Gasteiger partial charge in [0.15, 0.2) is 11.5 Å². The van der Waals surface area contributed by atoms with E-state index in [-0.39, 0.29) is 12.1 Å². The minimum Gasteiger partial charge on any atom is -0.493 e. The molecule has 2 aliphatic rings. The first kappa shape index (κ1) is 17.6. The number of thiophene rings is 1. The van der Waals surface area contributed by atoms with Crippen molar-refractivity contribution in [1.82, 2.24) is 10.2 Å². The summed E-state index contributed by atoms with van der Waals surface area (Å²) in [4.78, 5) is 16.4. The molecule has 1 atom stereocenters. The molecule has 2 aliphatic heterocycles. The number of fused-ring (bicyclic) bond motifs is 3. The number of benzene rings is 1. The summed E-state index contributed by atoms with van der Waals surface area (Å²) in [5, 5.41) is 7.51. The van der Waals surface area contributed by atoms with Crippen LogP contribution in [-0.4, -0.2) is 38.6 Å². The third-order valence-corrected chi connectivity index (χ3v) is 6.55. The monoisotopic (exact) mass is 437 g/mol. The van der Waals surface area contributed by atoms with Crippen molar-refractivity contribution >= 4 is 38.2 Å². The van der Waals surface area contributed by atoms with Crippen LogP contribution in [0.4, 0.5) is 5.00 Å². The molecule has 0 spiro atoms. The Morgan fingerprint density at radius 2 is 2.08 bits per heavy atom. The second-order valence-electron chi connectivity index (χ2n) is 6.48. The van der Waals surface area contributed by atoms with Crippen LogP contribution in [0.25, 0.3) is 0 Å². The predicted octanol–water partition coefficient (Wildman–Crippen LogP) is 3.37. The average Bonchev–Trinajstić information content (AvgIpc) is 2.98. The fourth-order valence-corrected chi connectivity index (χ4v) is 5.49. The second kappa shape index (κ2) is 6.75. The number of amides is 1. The smallest absolute Gasteiger partial charge is 0.256 e. The summed E-state index contributed by atoms with van der Waals surface area (Å²) in [5.41, 5.74) is 2.91. The molecular formula is C18H20BrN3O3S. The SMILES string of the molecule is COc1cc([C@@H]2NC(=O)c3c(sc4c3CCN(C)C4)N2)cc(Br)c1OC. The first-order chi connectivity index (χ1) is 12.5. The maximum absolute atomic E-state index is 12.8. The first-order valence-electron chi connectivity index (χ1n) is 8.33. The van der Waals surface area contributed by atoms with Gasteiger partial charge in [-0.2, -0.15) is 0 Å². The van der Waals surface area contributed by atoms with Crippen LogP contribution in [0.15, 0.2) is 16.6 Å². The third-order valence-electron chi connectivity index (χ3n) is 4.81. The van der Waals surface area contributed by atoms with Crippen LogP contribution >= 0.6 is 27.3 Å². The molecule has 3 heterocycles. The third kappa shape index (κ3) is 2.86. The van der Waals surface area contributed by atoms with E-state index in [4.69, 9.17) is 9.47 Å². The van der Waals surface area contributed by atoms with Gasteiger partial charge in [-0.15, -0.1) is 11.3 Å². The van der Waals surface area contributed by atoms with Crippen LogP contribution in [0.3, 0.4) is 0 Å². The van der Waals surface area contributed by atoms with Crippen molar-refractivity contribution in [1.29, 1.82) is 0 Å². The number of nitrogens with zero attached hydrogens (tertiary/aromatic N) is 1. The average molecular weight is 438 g/mol. The zero-order valence-corrected chi connectivity index (χ0v) is 17.2. The van der Waals surface area contributed by atoms with Crippen molar-refractivity contribution in [3.8, 4) is 11.5 Å². The Bertz CT molecular complexity index is 883. The van der Waals surface area contributed by atoms with Gasteiger partial charge in [0, 0.05) is 18.0 Å². The Hall–Kier alpha value is -1.77. The standard InChI is InChI=1S/C18H20BrN3O3S/c1-22-5-4-10-13(8-22)26-18-14(10)17(23)20-16(21-18)9-6-11(19)15(25-3)12(7-9)24-2/h6-7,16,21H,4-5,8H2,1-3H3,(H,20,23)/t16-/m1/s1. The van der Waals surface area contributed by atoms with Gasteiger partial charge in [0.25, 0.3) is 5.91 Å². The van der Waals surface area contributed by atoms with E-state index in [1.165, 1.54) is 10.4 Å². The topological polar surface area (TPSA) is 62.8 Å². The molecule has 26 heavy (non-hydrogen) atoms. The second-order valence-corrected chi connectivity index (χ2v) is 8.44. The van der Waals surface area contributed by atoms with Gasteiger partial charge in [0.1, 0.15) is 11.2 Å². The maximum Gasteiger partial charge on any atom is 0.256 e. The molecule has 8 heteroatoms. The van der Waals surface area contributed by atoms with Crippen LogP contribution in [0.5, 0.6) is 11.5 Å². The highest BCUT2D eigenvalue weighted by atomic mass is 79.9. The normalized spacial score (nSPS) is 19.2. The maximum atomic E-state index is 12.8. The molecule has 0 radical (unpaired) electrons. The number of carbonyl (C=O) groups excluding carboxylic acids is 1. The molecule has 138 valence electrons. The van der Waals surface area contributed by atoms with E-state index < -0.39 is 0 Å². The highest BCUT2D eigenvalue weighted by Crippen LogP contribution is 2.42. The predicted molar refractivity (Wildman–Crippen MR) is 105 cm³/mol. The molecule has 4 rings (SSSR count).